The van der Waals surface area contributed by atoms with Crippen LogP contribution in [-0.4, -0.2) is 11.1 Å². The van der Waals surface area contributed by atoms with Crippen LogP contribution < -0.4 is 4.74 Å². The van der Waals surface area contributed by atoms with Gasteiger partial charge in [0.2, 0.25) is 0 Å². The van der Waals surface area contributed by atoms with Gasteiger partial charge in [-0.15, -0.1) is 11.3 Å². The van der Waals surface area contributed by atoms with Crippen molar-refractivity contribution in [1.29, 1.82) is 0 Å². The molecular weight excluding hydrogens is 248 g/mol. The molecule has 3 nitrogen and oxygen atoms in total. The molecule has 0 bridgehead atoms. The first-order valence-corrected chi connectivity index (χ1v) is 6.27. The summed E-state index contributed by atoms with van der Waals surface area (Å²) in [7, 11) is 0. The van der Waals surface area contributed by atoms with Crippen molar-refractivity contribution in [3.05, 3.63) is 52.2 Å². The average Bonchev–Trinajstić information content (AvgIpc) is 2.78. The molecule has 0 aliphatic heterocycles. The van der Waals surface area contributed by atoms with Crippen LogP contribution >= 0.6 is 11.3 Å². The zero-order valence-corrected chi connectivity index (χ0v) is 10.6. The lowest BCUT2D eigenvalue weighted by atomic mass is 10.2. The molecule has 18 heavy (non-hydrogen) atoms. The van der Waals surface area contributed by atoms with Crippen LogP contribution in [0.2, 0.25) is 0 Å². The second-order valence-corrected chi connectivity index (χ2v) is 4.64. The van der Waals surface area contributed by atoms with Crippen molar-refractivity contribution in [2.45, 2.75) is 6.92 Å². The quantitative estimate of drug-likeness (QED) is 0.844. The van der Waals surface area contributed by atoms with Crippen LogP contribution in [0.15, 0.2) is 47.4 Å². The van der Waals surface area contributed by atoms with E-state index in [1.54, 1.807) is 13.0 Å². The number of hydrogen-bond donors (Lipinski definition) is 1. The average molecular weight is 260 g/mol. The second-order valence-electron chi connectivity index (χ2n) is 3.70. The maximum Gasteiger partial charge on any atom is 0.331 e. The van der Waals surface area contributed by atoms with Gasteiger partial charge in [0.1, 0.15) is 11.5 Å². The van der Waals surface area contributed by atoms with E-state index in [2.05, 4.69) is 0 Å². The number of aliphatic carboxylic acids is 1. The first-order chi connectivity index (χ1) is 8.66. The summed E-state index contributed by atoms with van der Waals surface area (Å²) in [6.45, 7) is 1.56. The molecule has 0 spiro atoms. The molecule has 92 valence electrons. The van der Waals surface area contributed by atoms with Gasteiger partial charge in [0.15, 0.2) is 0 Å². The van der Waals surface area contributed by atoms with Gasteiger partial charge in [0.05, 0.1) is 4.88 Å². The zero-order valence-electron chi connectivity index (χ0n) is 9.79. The van der Waals surface area contributed by atoms with Crippen molar-refractivity contribution < 1.29 is 14.6 Å². The van der Waals surface area contributed by atoms with E-state index in [0.717, 1.165) is 10.6 Å². The first-order valence-electron chi connectivity index (χ1n) is 5.39. The van der Waals surface area contributed by atoms with Gasteiger partial charge in [-0.1, -0.05) is 18.2 Å². The third kappa shape index (κ3) is 2.99. The summed E-state index contributed by atoms with van der Waals surface area (Å²) in [6, 6.07) is 11.2. The zero-order chi connectivity index (χ0) is 13.0. The fraction of sp³-hybridized carbons (Fsp3) is 0.0714. The molecule has 1 heterocycles. The fourth-order valence-corrected chi connectivity index (χ4v) is 2.18. The minimum atomic E-state index is -0.922. The van der Waals surface area contributed by atoms with Crippen LogP contribution in [0.4, 0.5) is 0 Å². The van der Waals surface area contributed by atoms with Gasteiger partial charge < -0.3 is 9.84 Å². The molecule has 1 aromatic heterocycles. The molecule has 0 atom stereocenters. The number of carboxylic acids is 1. The van der Waals surface area contributed by atoms with Crippen molar-refractivity contribution in [1.82, 2.24) is 0 Å². The summed E-state index contributed by atoms with van der Waals surface area (Å²) in [5.74, 6) is 0.486. The minimum absolute atomic E-state index is 0.287. The summed E-state index contributed by atoms with van der Waals surface area (Å²) in [5, 5.41) is 10.7. The van der Waals surface area contributed by atoms with Gasteiger partial charge >= 0.3 is 5.97 Å². The number of benzene rings is 1. The summed E-state index contributed by atoms with van der Waals surface area (Å²) >= 11 is 1.45. The predicted molar refractivity (Wildman–Crippen MR) is 72.1 cm³/mol. The Hall–Kier alpha value is -2.07. The van der Waals surface area contributed by atoms with E-state index < -0.39 is 5.97 Å². The minimum Gasteiger partial charge on any atom is -0.478 e. The molecule has 0 amide bonds. The summed E-state index contributed by atoms with van der Waals surface area (Å²) in [6.07, 6.45) is 1.62. The Kier molecular flexibility index (Phi) is 3.79. The number of hydrogen-bond acceptors (Lipinski definition) is 3. The van der Waals surface area contributed by atoms with Gasteiger partial charge in [-0.05, 0) is 36.6 Å². The SMILES string of the molecule is C/C(=C\c1sccc1Oc1ccccc1)C(=O)O. The van der Waals surface area contributed by atoms with E-state index in [1.165, 1.54) is 11.3 Å². The Morgan fingerprint density at radius 2 is 2.00 bits per heavy atom. The standard InChI is InChI=1S/C14H12O3S/c1-10(14(15)16)9-13-12(7-8-18-13)17-11-5-3-2-4-6-11/h2-9H,1H3,(H,15,16)/b10-9+. The van der Waals surface area contributed by atoms with Gasteiger partial charge in [-0.25, -0.2) is 4.79 Å². The number of carbonyl (C=O) groups is 1. The van der Waals surface area contributed by atoms with Crippen LogP contribution in [-0.2, 0) is 4.79 Å². The molecule has 0 radical (unpaired) electrons. The molecule has 0 fully saturated rings. The monoisotopic (exact) mass is 260 g/mol. The lowest BCUT2D eigenvalue weighted by Gasteiger charge is -2.04. The molecular formula is C14H12O3S. The predicted octanol–water partition coefficient (Wildman–Crippen LogP) is 4.03. The van der Waals surface area contributed by atoms with Gasteiger partial charge in [-0.2, -0.15) is 0 Å². The molecule has 2 aromatic rings. The van der Waals surface area contributed by atoms with E-state index in [9.17, 15) is 4.79 Å². The van der Waals surface area contributed by atoms with Gasteiger partial charge in [0, 0.05) is 5.57 Å². The molecule has 0 saturated heterocycles. The van der Waals surface area contributed by atoms with Crippen molar-refractivity contribution in [2.24, 2.45) is 0 Å². The van der Waals surface area contributed by atoms with Crippen LogP contribution in [0.1, 0.15) is 11.8 Å². The molecule has 0 aliphatic rings. The van der Waals surface area contributed by atoms with E-state index in [1.807, 2.05) is 41.8 Å². The van der Waals surface area contributed by atoms with Gasteiger partial charge in [-0.3, -0.25) is 0 Å². The highest BCUT2D eigenvalue weighted by Gasteiger charge is 2.07. The highest BCUT2D eigenvalue weighted by Crippen LogP contribution is 2.31. The van der Waals surface area contributed by atoms with Crippen molar-refractivity contribution >= 4 is 23.4 Å². The number of rotatable bonds is 4. The number of carboxylic acid groups (broad SMARTS) is 1. The lowest BCUT2D eigenvalue weighted by Crippen LogP contribution is -1.95. The Labute approximate surface area is 109 Å². The van der Waals surface area contributed by atoms with E-state index in [-0.39, 0.29) is 5.57 Å². The summed E-state index contributed by atoms with van der Waals surface area (Å²) < 4.78 is 5.70. The highest BCUT2D eigenvalue weighted by atomic mass is 32.1. The van der Waals surface area contributed by atoms with Crippen LogP contribution in [0, 0.1) is 0 Å². The van der Waals surface area contributed by atoms with Crippen LogP contribution in [0.3, 0.4) is 0 Å². The lowest BCUT2D eigenvalue weighted by molar-refractivity contribution is -0.132. The third-order valence-corrected chi connectivity index (χ3v) is 3.16. The Bertz CT molecular complexity index is 570. The van der Waals surface area contributed by atoms with Crippen molar-refractivity contribution in [2.75, 3.05) is 0 Å². The highest BCUT2D eigenvalue weighted by molar-refractivity contribution is 7.11. The Morgan fingerprint density at radius 1 is 1.28 bits per heavy atom. The Balaban J connectivity index is 2.24. The van der Waals surface area contributed by atoms with E-state index >= 15 is 0 Å². The number of ether oxygens (including phenoxy) is 1. The van der Waals surface area contributed by atoms with Crippen LogP contribution in [0.25, 0.3) is 6.08 Å². The van der Waals surface area contributed by atoms with Gasteiger partial charge in [0.25, 0.3) is 0 Å². The van der Waals surface area contributed by atoms with Crippen LogP contribution in [0.5, 0.6) is 11.5 Å². The first kappa shape index (κ1) is 12.4. The molecule has 1 N–H and O–H groups in total. The number of para-hydroxylation sites is 1. The second kappa shape index (κ2) is 5.51. The smallest absolute Gasteiger partial charge is 0.331 e. The maximum atomic E-state index is 10.8. The Morgan fingerprint density at radius 3 is 2.67 bits per heavy atom. The molecule has 2 rings (SSSR count). The summed E-state index contributed by atoms with van der Waals surface area (Å²) in [5.41, 5.74) is 0.287. The molecule has 0 unspecified atom stereocenters. The molecule has 4 heteroatoms. The maximum absolute atomic E-state index is 10.8. The van der Waals surface area contributed by atoms with Crippen molar-refractivity contribution in [3.8, 4) is 11.5 Å². The normalized spacial score (nSPS) is 11.3. The summed E-state index contributed by atoms with van der Waals surface area (Å²) in [4.78, 5) is 11.6. The molecule has 0 saturated carbocycles. The largest absolute Gasteiger partial charge is 0.478 e. The van der Waals surface area contributed by atoms with Crippen molar-refractivity contribution in [3.63, 3.8) is 0 Å². The molecule has 1 aromatic carbocycles. The number of thiophene rings is 1. The molecule has 0 aliphatic carbocycles. The fourth-order valence-electron chi connectivity index (χ4n) is 1.37. The third-order valence-electron chi connectivity index (χ3n) is 2.31. The topological polar surface area (TPSA) is 46.5 Å². The van der Waals surface area contributed by atoms with E-state index in [0.29, 0.717) is 5.75 Å². The van der Waals surface area contributed by atoms with E-state index in [4.69, 9.17) is 9.84 Å².